The first kappa shape index (κ1) is 98.1. The van der Waals surface area contributed by atoms with Crippen LogP contribution in [-0.2, 0) is 65.4 Å². The Balaban J connectivity index is 5.11. The molecule has 0 radical (unpaired) electrons. The lowest BCUT2D eigenvalue weighted by molar-refractivity contribution is -0.161. The number of rotatable bonds is 81. The SMILES string of the molecule is CCCCCCCCCCCCCCCCCCCCCCCC(=O)O[C@H](COC(=O)CCCCCCCCCCCCCCCCCCC(C)C)COP(=O)(O)OC[C@@H](O)COP(=O)(O)OC[C@@H](COC(=O)CCCCCCC)OC(=O)CCCCCCCCCCCCCCCCC. The largest absolute Gasteiger partial charge is 0.472 e. The monoisotopic (exact) mass is 1470 g/mol. The molecule has 0 saturated heterocycles. The van der Waals surface area contributed by atoms with Crippen molar-refractivity contribution in [3.05, 3.63) is 0 Å². The zero-order valence-corrected chi connectivity index (χ0v) is 67.1. The molecule has 0 fully saturated rings. The number of ether oxygens (including phenoxy) is 4. The third-order valence-electron chi connectivity index (χ3n) is 19.0. The van der Waals surface area contributed by atoms with E-state index in [0.29, 0.717) is 25.7 Å². The molecule has 0 aliphatic carbocycles. The maximum Gasteiger partial charge on any atom is 0.472 e. The van der Waals surface area contributed by atoms with Crippen LogP contribution in [0, 0.1) is 5.92 Å². The average molecular weight is 1470 g/mol. The summed E-state index contributed by atoms with van der Waals surface area (Å²) < 4.78 is 68.5. The van der Waals surface area contributed by atoms with Crippen LogP contribution < -0.4 is 0 Å². The van der Waals surface area contributed by atoms with Crippen LogP contribution in [0.5, 0.6) is 0 Å². The van der Waals surface area contributed by atoms with Crippen molar-refractivity contribution in [2.45, 2.75) is 451 Å². The Kier molecular flexibility index (Phi) is 72.5. The number of unbranched alkanes of at least 4 members (excludes halogenated alkanes) is 53. The van der Waals surface area contributed by atoms with Crippen LogP contribution >= 0.6 is 15.6 Å². The third-order valence-corrected chi connectivity index (χ3v) is 20.9. The summed E-state index contributed by atoms with van der Waals surface area (Å²) in [6.07, 6.45) is 65.8. The molecule has 0 aromatic carbocycles. The van der Waals surface area contributed by atoms with E-state index in [1.54, 1.807) is 0 Å². The first-order valence-electron chi connectivity index (χ1n) is 42.1. The van der Waals surface area contributed by atoms with Gasteiger partial charge in [0.2, 0.25) is 0 Å². The molecule has 0 aliphatic rings. The average Bonchev–Trinajstić information content (AvgIpc) is 0.914. The van der Waals surface area contributed by atoms with Crippen molar-refractivity contribution in [1.82, 2.24) is 0 Å². The number of carbonyl (C=O) groups is 4. The van der Waals surface area contributed by atoms with Crippen molar-refractivity contribution in [2.24, 2.45) is 5.92 Å². The second-order valence-corrected chi connectivity index (χ2v) is 32.5. The molecule has 5 atom stereocenters. The second kappa shape index (κ2) is 73.9. The van der Waals surface area contributed by atoms with E-state index in [1.807, 2.05) is 0 Å². The molecule has 594 valence electrons. The Morgan fingerprint density at radius 3 is 0.680 bits per heavy atom. The molecule has 3 N–H and O–H groups in total. The highest BCUT2D eigenvalue weighted by Gasteiger charge is 2.30. The van der Waals surface area contributed by atoms with Gasteiger partial charge in [-0.25, -0.2) is 9.13 Å². The van der Waals surface area contributed by atoms with Gasteiger partial charge in [0.05, 0.1) is 26.4 Å². The molecule has 17 nitrogen and oxygen atoms in total. The lowest BCUT2D eigenvalue weighted by atomic mass is 10.0. The van der Waals surface area contributed by atoms with Crippen LogP contribution in [0.25, 0.3) is 0 Å². The summed E-state index contributed by atoms with van der Waals surface area (Å²) in [6, 6.07) is 0. The lowest BCUT2D eigenvalue weighted by Gasteiger charge is -2.21. The summed E-state index contributed by atoms with van der Waals surface area (Å²) in [5, 5.41) is 10.6. The highest BCUT2D eigenvalue weighted by Crippen LogP contribution is 2.45. The van der Waals surface area contributed by atoms with E-state index < -0.39 is 97.5 Å². The van der Waals surface area contributed by atoms with Crippen LogP contribution in [0.3, 0.4) is 0 Å². The van der Waals surface area contributed by atoms with Crippen molar-refractivity contribution in [1.29, 1.82) is 0 Å². The van der Waals surface area contributed by atoms with E-state index in [-0.39, 0.29) is 25.7 Å². The summed E-state index contributed by atoms with van der Waals surface area (Å²) in [7, 11) is -9.91. The highest BCUT2D eigenvalue weighted by molar-refractivity contribution is 7.47. The fraction of sp³-hybridized carbons (Fsp3) is 0.951. The van der Waals surface area contributed by atoms with Crippen LogP contribution in [0.15, 0.2) is 0 Å². The van der Waals surface area contributed by atoms with Gasteiger partial charge in [0.1, 0.15) is 19.3 Å². The van der Waals surface area contributed by atoms with Crippen molar-refractivity contribution >= 4 is 39.5 Å². The van der Waals surface area contributed by atoms with Gasteiger partial charge >= 0.3 is 39.5 Å². The van der Waals surface area contributed by atoms with Gasteiger partial charge in [-0.2, -0.15) is 0 Å². The number of hydrogen-bond donors (Lipinski definition) is 3. The molecular formula is C81H158O17P2. The number of carbonyl (C=O) groups excluding carboxylic acids is 4. The first-order valence-corrected chi connectivity index (χ1v) is 45.1. The Hall–Kier alpha value is -1.94. The molecule has 0 spiro atoms. The van der Waals surface area contributed by atoms with Gasteiger partial charge in [-0.05, 0) is 31.6 Å². The van der Waals surface area contributed by atoms with Crippen molar-refractivity contribution < 1.29 is 80.2 Å². The van der Waals surface area contributed by atoms with E-state index in [1.165, 1.54) is 250 Å². The van der Waals surface area contributed by atoms with Crippen molar-refractivity contribution in [3.63, 3.8) is 0 Å². The molecule has 0 bridgehead atoms. The van der Waals surface area contributed by atoms with Gasteiger partial charge in [-0.15, -0.1) is 0 Å². The molecular weight excluding hydrogens is 1310 g/mol. The summed E-state index contributed by atoms with van der Waals surface area (Å²) in [4.78, 5) is 72.7. The summed E-state index contributed by atoms with van der Waals surface area (Å²) >= 11 is 0. The van der Waals surface area contributed by atoms with E-state index in [0.717, 1.165) is 102 Å². The van der Waals surface area contributed by atoms with Gasteiger partial charge in [0, 0.05) is 25.7 Å². The molecule has 0 aromatic heterocycles. The minimum Gasteiger partial charge on any atom is -0.462 e. The predicted octanol–water partition coefficient (Wildman–Crippen LogP) is 24.4. The van der Waals surface area contributed by atoms with Crippen LogP contribution in [0.2, 0.25) is 0 Å². The van der Waals surface area contributed by atoms with Gasteiger partial charge in [-0.3, -0.25) is 37.3 Å². The molecule has 100 heavy (non-hydrogen) atoms. The fourth-order valence-corrected chi connectivity index (χ4v) is 14.2. The minimum atomic E-state index is -4.96. The smallest absolute Gasteiger partial charge is 0.462 e. The number of phosphoric ester groups is 2. The molecule has 0 amide bonds. The number of aliphatic hydroxyl groups excluding tert-OH is 1. The standard InChI is InChI=1S/C81H158O17P2/c1-6-9-12-15-17-19-21-23-25-26-27-28-29-30-36-40-44-48-52-57-62-67-81(86)98-77(71-92-79(84)65-60-55-50-46-42-38-35-32-31-34-37-41-45-49-54-58-63-74(4)5)73-96-100(89,90)94-69-75(82)68-93-99(87,88)95-72-76(70-91-78(83)64-59-53-14-11-8-3)97-80(85)66-61-56-51-47-43-39-33-24-22-20-18-16-13-10-7-2/h74-77,82H,6-73H2,1-5H3,(H,87,88)(H,89,90)/t75-,76+,77+/m0/s1. The van der Waals surface area contributed by atoms with E-state index in [2.05, 4.69) is 34.6 Å². The minimum absolute atomic E-state index is 0.108. The Labute approximate surface area is 613 Å². The van der Waals surface area contributed by atoms with Gasteiger partial charge < -0.3 is 33.8 Å². The highest BCUT2D eigenvalue weighted by atomic mass is 31.2. The molecule has 0 aromatic rings. The van der Waals surface area contributed by atoms with Crippen LogP contribution in [0.1, 0.15) is 433 Å². The summed E-state index contributed by atoms with van der Waals surface area (Å²) in [6.45, 7) is 7.27. The van der Waals surface area contributed by atoms with Gasteiger partial charge in [-0.1, -0.05) is 381 Å². The summed E-state index contributed by atoms with van der Waals surface area (Å²) in [5.74, 6) is -1.31. The van der Waals surface area contributed by atoms with Crippen molar-refractivity contribution in [2.75, 3.05) is 39.6 Å². The number of phosphoric acid groups is 2. The molecule has 0 aliphatic heterocycles. The van der Waals surface area contributed by atoms with Gasteiger partial charge in [0.15, 0.2) is 12.2 Å². The number of aliphatic hydroxyl groups is 1. The molecule has 0 heterocycles. The normalized spacial score (nSPS) is 13.8. The molecule has 19 heteroatoms. The topological polar surface area (TPSA) is 237 Å². The lowest BCUT2D eigenvalue weighted by Crippen LogP contribution is -2.30. The quantitative estimate of drug-likeness (QED) is 0.0222. The Morgan fingerprint density at radius 1 is 0.270 bits per heavy atom. The fourth-order valence-electron chi connectivity index (χ4n) is 12.6. The zero-order chi connectivity index (χ0) is 73.4. The Morgan fingerprint density at radius 2 is 0.460 bits per heavy atom. The third kappa shape index (κ3) is 74.3. The van der Waals surface area contributed by atoms with Crippen molar-refractivity contribution in [3.8, 4) is 0 Å². The van der Waals surface area contributed by atoms with Crippen LogP contribution in [0.4, 0.5) is 0 Å². The molecule has 2 unspecified atom stereocenters. The molecule has 0 saturated carbocycles. The second-order valence-electron chi connectivity index (χ2n) is 29.6. The van der Waals surface area contributed by atoms with E-state index in [4.69, 9.17) is 37.0 Å². The molecule has 0 rings (SSSR count). The van der Waals surface area contributed by atoms with Gasteiger partial charge in [0.25, 0.3) is 0 Å². The number of esters is 4. The van der Waals surface area contributed by atoms with E-state index >= 15 is 0 Å². The summed E-state index contributed by atoms with van der Waals surface area (Å²) in [5.41, 5.74) is 0. The maximum atomic E-state index is 13.1. The van der Waals surface area contributed by atoms with Crippen LogP contribution in [-0.4, -0.2) is 96.7 Å². The maximum absolute atomic E-state index is 13.1. The zero-order valence-electron chi connectivity index (χ0n) is 65.3. The predicted molar refractivity (Wildman–Crippen MR) is 409 cm³/mol. The first-order chi connectivity index (χ1) is 48.5. The van der Waals surface area contributed by atoms with E-state index in [9.17, 15) is 43.2 Å². The number of hydrogen-bond acceptors (Lipinski definition) is 15. The Bertz CT molecular complexity index is 1910.